The second-order valence-corrected chi connectivity index (χ2v) is 9.80. The van der Waals surface area contributed by atoms with Gasteiger partial charge in [0.1, 0.15) is 11.6 Å². The van der Waals surface area contributed by atoms with Gasteiger partial charge in [-0.25, -0.2) is 8.78 Å². The Labute approximate surface area is 228 Å². The summed E-state index contributed by atoms with van der Waals surface area (Å²) in [6, 6.07) is 18.1. The van der Waals surface area contributed by atoms with Crippen LogP contribution in [0.5, 0.6) is 0 Å². The van der Waals surface area contributed by atoms with E-state index >= 15 is 8.78 Å². The molecule has 0 unspecified atom stereocenters. The first-order valence-corrected chi connectivity index (χ1v) is 12.7. The van der Waals surface area contributed by atoms with Crippen LogP contribution in [0.15, 0.2) is 97.1 Å². The molecule has 0 aliphatic carbocycles. The Hall–Kier alpha value is -3.65. The van der Waals surface area contributed by atoms with Crippen molar-refractivity contribution in [2.24, 2.45) is 5.92 Å². The van der Waals surface area contributed by atoms with Gasteiger partial charge in [-0.05, 0) is 76.6 Å². The van der Waals surface area contributed by atoms with E-state index in [-0.39, 0.29) is 0 Å². The molecule has 4 rings (SSSR count). The monoisotopic (exact) mass is 560 g/mol. The summed E-state index contributed by atoms with van der Waals surface area (Å²) in [6.07, 6.45) is -7.94. The van der Waals surface area contributed by atoms with E-state index in [1.54, 1.807) is 0 Å². The fourth-order valence-electron chi connectivity index (χ4n) is 4.53. The second-order valence-electron chi connectivity index (χ2n) is 9.80. The van der Waals surface area contributed by atoms with Crippen LogP contribution in [-0.4, -0.2) is 6.18 Å². The first-order valence-electron chi connectivity index (χ1n) is 12.7. The molecule has 0 N–H and O–H groups in total. The first-order chi connectivity index (χ1) is 18.9. The van der Waals surface area contributed by atoms with Crippen molar-refractivity contribution in [2.45, 2.75) is 44.6 Å². The van der Waals surface area contributed by atoms with E-state index in [0.29, 0.717) is 35.7 Å². The van der Waals surface area contributed by atoms with Crippen molar-refractivity contribution in [3.63, 3.8) is 0 Å². The van der Waals surface area contributed by atoms with Gasteiger partial charge in [-0.15, -0.1) is 0 Å². The second kappa shape index (κ2) is 11.5. The predicted molar refractivity (Wildman–Crippen MR) is 140 cm³/mol. The molecule has 0 aliphatic rings. The summed E-state index contributed by atoms with van der Waals surface area (Å²) in [7, 11) is 0. The van der Waals surface area contributed by atoms with Crippen LogP contribution < -0.4 is 0 Å². The summed E-state index contributed by atoms with van der Waals surface area (Å²) in [5.41, 5.74) is -3.65. The van der Waals surface area contributed by atoms with Gasteiger partial charge in [0.2, 0.25) is 5.60 Å². The summed E-state index contributed by atoms with van der Waals surface area (Å²) in [4.78, 5) is 0. The lowest BCUT2D eigenvalue weighted by atomic mass is 9.85. The van der Waals surface area contributed by atoms with Crippen LogP contribution in [0.1, 0.15) is 42.5 Å². The van der Waals surface area contributed by atoms with E-state index in [1.165, 1.54) is 12.1 Å². The minimum absolute atomic E-state index is 0.515. The molecule has 1 nitrogen and oxygen atoms in total. The van der Waals surface area contributed by atoms with Crippen molar-refractivity contribution in [3.05, 3.63) is 131 Å². The molecule has 0 bridgehead atoms. The zero-order chi connectivity index (χ0) is 29.1. The van der Waals surface area contributed by atoms with E-state index in [2.05, 4.69) is 13.8 Å². The SMILES string of the molecule is CC[C@@H](C)Cc1ccc(-c2ccc(C(F)(F)OC(c3ccc(F)cc3)(c3ccc(F)cc3)C(F)(F)F)cc2)cc1. The van der Waals surface area contributed by atoms with Gasteiger partial charge >= 0.3 is 12.3 Å². The van der Waals surface area contributed by atoms with Crippen molar-refractivity contribution >= 4 is 0 Å². The quantitative estimate of drug-likeness (QED) is 0.185. The normalized spacial score (nSPS) is 13.3. The van der Waals surface area contributed by atoms with Crippen LogP contribution in [0.3, 0.4) is 0 Å². The molecule has 0 saturated heterocycles. The van der Waals surface area contributed by atoms with Gasteiger partial charge in [0, 0.05) is 0 Å². The van der Waals surface area contributed by atoms with Crippen molar-refractivity contribution in [1.82, 2.24) is 0 Å². The van der Waals surface area contributed by atoms with E-state index in [9.17, 15) is 22.0 Å². The molecule has 0 amide bonds. The minimum Gasteiger partial charge on any atom is -0.290 e. The maximum atomic E-state index is 15.6. The fourth-order valence-corrected chi connectivity index (χ4v) is 4.53. The number of alkyl halides is 5. The highest BCUT2D eigenvalue weighted by Gasteiger charge is 2.63. The fraction of sp³-hybridized carbons (Fsp3) is 0.250. The molecule has 210 valence electrons. The van der Waals surface area contributed by atoms with E-state index in [0.717, 1.165) is 60.4 Å². The zero-order valence-electron chi connectivity index (χ0n) is 21.8. The van der Waals surface area contributed by atoms with Crippen LogP contribution in [0.25, 0.3) is 11.1 Å². The largest absolute Gasteiger partial charge is 0.426 e. The third-order valence-electron chi connectivity index (χ3n) is 6.97. The molecule has 0 aromatic heterocycles. The Balaban J connectivity index is 1.71. The van der Waals surface area contributed by atoms with Gasteiger partial charge < -0.3 is 0 Å². The topological polar surface area (TPSA) is 9.23 Å². The number of ether oxygens (including phenoxy) is 1. The highest BCUT2D eigenvalue weighted by atomic mass is 19.4. The summed E-state index contributed by atoms with van der Waals surface area (Å²) < 4.78 is 107. The summed E-state index contributed by atoms with van der Waals surface area (Å²) >= 11 is 0. The number of benzene rings is 4. The molecular weight excluding hydrogens is 533 g/mol. The molecule has 1 atom stereocenters. The number of hydrogen-bond acceptors (Lipinski definition) is 1. The van der Waals surface area contributed by atoms with Crippen LogP contribution in [0.2, 0.25) is 0 Å². The standard InChI is InChI=1S/C32H27F7O/c1-3-21(2)20-22-4-6-23(7-5-22)24-8-10-27(11-9-24)31(35,36)40-30(32(37,38)39,25-12-16-28(33)17-13-25)26-14-18-29(34)19-15-26/h4-19,21H,3,20H2,1-2H3/t21-/m1/s1. The molecule has 4 aromatic carbocycles. The smallest absolute Gasteiger partial charge is 0.290 e. The Morgan fingerprint density at radius 2 is 1.00 bits per heavy atom. The van der Waals surface area contributed by atoms with Crippen molar-refractivity contribution < 1.29 is 35.5 Å². The van der Waals surface area contributed by atoms with Crippen LogP contribution in [0.4, 0.5) is 30.7 Å². The Morgan fingerprint density at radius 3 is 1.40 bits per heavy atom. The highest BCUT2D eigenvalue weighted by Crippen LogP contribution is 2.52. The molecular formula is C32H27F7O. The van der Waals surface area contributed by atoms with Crippen molar-refractivity contribution in [1.29, 1.82) is 0 Å². The molecule has 40 heavy (non-hydrogen) atoms. The lowest BCUT2D eigenvalue weighted by molar-refractivity contribution is -0.370. The number of hydrogen-bond donors (Lipinski definition) is 0. The first kappa shape index (κ1) is 29.3. The molecule has 0 spiro atoms. The van der Waals surface area contributed by atoms with Gasteiger partial charge in [0.25, 0.3) is 0 Å². The number of rotatable bonds is 9. The summed E-state index contributed by atoms with van der Waals surface area (Å²) in [6.45, 7) is 4.26. The zero-order valence-corrected chi connectivity index (χ0v) is 21.8. The van der Waals surface area contributed by atoms with Gasteiger partial charge in [0.05, 0.1) is 5.56 Å². The average molecular weight is 561 g/mol. The highest BCUT2D eigenvalue weighted by molar-refractivity contribution is 5.64. The molecule has 0 saturated carbocycles. The Morgan fingerprint density at radius 1 is 0.600 bits per heavy atom. The average Bonchev–Trinajstić information content (AvgIpc) is 2.92. The molecule has 4 aromatic rings. The minimum atomic E-state index is -5.44. The van der Waals surface area contributed by atoms with Crippen LogP contribution in [0, 0.1) is 17.6 Å². The predicted octanol–water partition coefficient (Wildman–Crippen LogP) is 9.79. The third kappa shape index (κ3) is 6.07. The van der Waals surface area contributed by atoms with Crippen molar-refractivity contribution in [2.75, 3.05) is 0 Å². The Kier molecular flexibility index (Phi) is 8.40. The molecule has 0 fully saturated rings. The van der Waals surface area contributed by atoms with Gasteiger partial charge in [0.15, 0.2) is 0 Å². The van der Waals surface area contributed by atoms with Crippen molar-refractivity contribution in [3.8, 4) is 11.1 Å². The van der Waals surface area contributed by atoms with E-state index in [4.69, 9.17) is 4.74 Å². The lowest BCUT2D eigenvalue weighted by Crippen LogP contribution is -2.49. The third-order valence-corrected chi connectivity index (χ3v) is 6.97. The molecule has 0 radical (unpaired) electrons. The summed E-state index contributed by atoms with van der Waals surface area (Å²) in [5.74, 6) is -1.22. The van der Waals surface area contributed by atoms with Crippen LogP contribution >= 0.6 is 0 Å². The maximum Gasteiger partial charge on any atom is 0.426 e. The number of halogens is 7. The van der Waals surface area contributed by atoms with Gasteiger partial charge in [-0.3, -0.25) is 4.74 Å². The maximum absolute atomic E-state index is 15.6. The van der Waals surface area contributed by atoms with E-state index < -0.39 is 46.2 Å². The Bertz CT molecular complexity index is 1350. The molecule has 0 aliphatic heterocycles. The van der Waals surface area contributed by atoms with Gasteiger partial charge in [-0.2, -0.15) is 22.0 Å². The summed E-state index contributed by atoms with van der Waals surface area (Å²) in [5, 5.41) is 0. The van der Waals surface area contributed by atoms with Gasteiger partial charge in [-0.1, -0.05) is 80.9 Å². The molecule has 0 heterocycles. The lowest BCUT2D eigenvalue weighted by Gasteiger charge is -2.39. The van der Waals surface area contributed by atoms with E-state index in [1.807, 2.05) is 24.3 Å². The molecule has 8 heteroatoms. The van der Waals surface area contributed by atoms with Crippen LogP contribution in [-0.2, 0) is 22.9 Å².